The lowest BCUT2D eigenvalue weighted by atomic mass is 10.3. The van der Waals surface area contributed by atoms with Gasteiger partial charge in [0.1, 0.15) is 4.47 Å². The average molecular weight is 344 g/mol. The summed E-state index contributed by atoms with van der Waals surface area (Å²) in [6.45, 7) is 4.01. The Labute approximate surface area is 127 Å². The molecule has 0 unspecified atom stereocenters. The van der Waals surface area contributed by atoms with Gasteiger partial charge >= 0.3 is 0 Å². The van der Waals surface area contributed by atoms with E-state index in [1.54, 1.807) is 6.20 Å². The highest BCUT2D eigenvalue weighted by Crippen LogP contribution is 2.21. The first-order valence-electron chi connectivity index (χ1n) is 7.33. The Morgan fingerprint density at radius 3 is 2.95 bits per heavy atom. The van der Waals surface area contributed by atoms with Gasteiger partial charge in [0.2, 0.25) is 0 Å². The predicted octanol–water partition coefficient (Wildman–Crippen LogP) is 2.79. The lowest BCUT2D eigenvalue weighted by Gasteiger charge is -2.13. The number of halogens is 1. The SMILES string of the molecule is CCCn1ncc(NCCOC2CCCC2)c(Br)c1=O. The third kappa shape index (κ3) is 4.06. The van der Waals surface area contributed by atoms with Gasteiger partial charge in [-0.15, -0.1) is 0 Å². The Bertz CT molecular complexity index is 484. The second-order valence-corrected chi connectivity index (χ2v) is 5.90. The summed E-state index contributed by atoms with van der Waals surface area (Å²) in [6.07, 6.45) is 7.93. The van der Waals surface area contributed by atoms with Gasteiger partial charge in [0, 0.05) is 13.1 Å². The van der Waals surface area contributed by atoms with Crippen molar-refractivity contribution >= 4 is 21.6 Å². The smallest absolute Gasteiger partial charge is 0.283 e. The van der Waals surface area contributed by atoms with Crippen molar-refractivity contribution in [2.45, 2.75) is 51.7 Å². The largest absolute Gasteiger partial charge is 0.380 e. The van der Waals surface area contributed by atoms with E-state index in [0.717, 1.165) is 12.1 Å². The molecule has 0 atom stereocenters. The maximum atomic E-state index is 12.0. The van der Waals surface area contributed by atoms with Crippen molar-refractivity contribution in [3.05, 3.63) is 21.0 Å². The van der Waals surface area contributed by atoms with Gasteiger partial charge < -0.3 is 10.1 Å². The number of aromatic nitrogens is 2. The van der Waals surface area contributed by atoms with Crippen LogP contribution in [0.1, 0.15) is 39.0 Å². The van der Waals surface area contributed by atoms with Crippen LogP contribution in [0.2, 0.25) is 0 Å². The summed E-state index contributed by atoms with van der Waals surface area (Å²) in [5.74, 6) is 0. The number of ether oxygens (including phenoxy) is 1. The van der Waals surface area contributed by atoms with Crippen LogP contribution in [0.4, 0.5) is 5.69 Å². The minimum atomic E-state index is -0.0893. The van der Waals surface area contributed by atoms with Gasteiger partial charge in [-0.25, -0.2) is 4.68 Å². The highest BCUT2D eigenvalue weighted by atomic mass is 79.9. The van der Waals surface area contributed by atoms with Crippen LogP contribution in [0, 0.1) is 0 Å². The van der Waals surface area contributed by atoms with Crippen LogP contribution in [-0.2, 0) is 11.3 Å². The van der Waals surface area contributed by atoms with Crippen LogP contribution in [-0.4, -0.2) is 29.0 Å². The quantitative estimate of drug-likeness (QED) is 0.773. The molecule has 1 heterocycles. The van der Waals surface area contributed by atoms with Crippen molar-refractivity contribution in [1.29, 1.82) is 0 Å². The van der Waals surface area contributed by atoms with E-state index < -0.39 is 0 Å². The van der Waals surface area contributed by atoms with Gasteiger partial charge in [-0.1, -0.05) is 19.8 Å². The lowest BCUT2D eigenvalue weighted by Crippen LogP contribution is -2.25. The number of aryl methyl sites for hydroxylation is 1. The minimum Gasteiger partial charge on any atom is -0.380 e. The van der Waals surface area contributed by atoms with Gasteiger partial charge in [0.25, 0.3) is 5.56 Å². The molecule has 0 bridgehead atoms. The van der Waals surface area contributed by atoms with E-state index in [9.17, 15) is 4.79 Å². The molecule has 2 rings (SSSR count). The van der Waals surface area contributed by atoms with Crippen LogP contribution in [0.25, 0.3) is 0 Å². The molecular weight excluding hydrogens is 322 g/mol. The van der Waals surface area contributed by atoms with Gasteiger partial charge in [-0.05, 0) is 35.2 Å². The molecule has 1 saturated carbocycles. The summed E-state index contributed by atoms with van der Waals surface area (Å²) >= 11 is 3.34. The third-order valence-corrected chi connectivity index (χ3v) is 4.26. The number of hydrogen-bond acceptors (Lipinski definition) is 4. The first-order valence-corrected chi connectivity index (χ1v) is 8.12. The highest BCUT2D eigenvalue weighted by Gasteiger charge is 2.15. The first kappa shape index (κ1) is 15.5. The molecular formula is C14H22BrN3O2. The minimum absolute atomic E-state index is 0.0893. The Hall–Kier alpha value is -0.880. The molecule has 1 aromatic heterocycles. The molecule has 0 aliphatic heterocycles. The molecule has 0 spiro atoms. The molecule has 0 radical (unpaired) electrons. The fourth-order valence-electron chi connectivity index (χ4n) is 2.43. The molecule has 0 aromatic carbocycles. The van der Waals surface area contributed by atoms with Crippen molar-refractivity contribution in [2.75, 3.05) is 18.5 Å². The van der Waals surface area contributed by atoms with Crippen LogP contribution >= 0.6 is 15.9 Å². The molecule has 1 aliphatic rings. The van der Waals surface area contributed by atoms with E-state index in [1.807, 2.05) is 6.92 Å². The van der Waals surface area contributed by atoms with Gasteiger partial charge in [-0.2, -0.15) is 5.10 Å². The van der Waals surface area contributed by atoms with E-state index in [2.05, 4.69) is 26.3 Å². The van der Waals surface area contributed by atoms with Crippen LogP contribution in [0.15, 0.2) is 15.5 Å². The fourth-order valence-corrected chi connectivity index (χ4v) is 2.87. The number of nitrogens with one attached hydrogen (secondary N) is 1. The zero-order valence-corrected chi connectivity index (χ0v) is 13.5. The molecule has 0 amide bonds. The van der Waals surface area contributed by atoms with E-state index >= 15 is 0 Å². The zero-order valence-electron chi connectivity index (χ0n) is 11.9. The van der Waals surface area contributed by atoms with Crippen LogP contribution in [0.5, 0.6) is 0 Å². The summed E-state index contributed by atoms with van der Waals surface area (Å²) in [4.78, 5) is 12.0. The highest BCUT2D eigenvalue weighted by molar-refractivity contribution is 9.10. The van der Waals surface area contributed by atoms with Crippen molar-refractivity contribution in [3.63, 3.8) is 0 Å². The van der Waals surface area contributed by atoms with Crippen molar-refractivity contribution in [2.24, 2.45) is 0 Å². The summed E-state index contributed by atoms with van der Waals surface area (Å²) in [5, 5.41) is 7.36. The maximum Gasteiger partial charge on any atom is 0.283 e. The summed E-state index contributed by atoms with van der Waals surface area (Å²) in [5.41, 5.74) is 0.644. The second kappa shape index (κ2) is 7.78. The number of anilines is 1. The van der Waals surface area contributed by atoms with E-state index in [1.165, 1.54) is 30.4 Å². The molecule has 0 saturated heterocycles. The molecule has 112 valence electrons. The van der Waals surface area contributed by atoms with Crippen molar-refractivity contribution in [3.8, 4) is 0 Å². The summed E-state index contributed by atoms with van der Waals surface area (Å²) in [7, 11) is 0. The van der Waals surface area contributed by atoms with Gasteiger partial charge in [-0.3, -0.25) is 4.79 Å². The Balaban J connectivity index is 1.83. The third-order valence-electron chi connectivity index (χ3n) is 3.49. The molecule has 1 fully saturated rings. The lowest BCUT2D eigenvalue weighted by molar-refractivity contribution is 0.0659. The first-order chi connectivity index (χ1) is 9.72. The summed E-state index contributed by atoms with van der Waals surface area (Å²) < 4.78 is 7.80. The molecule has 5 nitrogen and oxygen atoms in total. The molecule has 6 heteroatoms. The zero-order chi connectivity index (χ0) is 14.4. The van der Waals surface area contributed by atoms with Crippen LogP contribution < -0.4 is 10.9 Å². The van der Waals surface area contributed by atoms with E-state index in [4.69, 9.17) is 4.74 Å². The topological polar surface area (TPSA) is 56.1 Å². The van der Waals surface area contributed by atoms with Gasteiger partial charge in [0.05, 0.1) is 24.6 Å². The van der Waals surface area contributed by atoms with Crippen LogP contribution in [0.3, 0.4) is 0 Å². The molecule has 1 aromatic rings. The molecule has 20 heavy (non-hydrogen) atoms. The second-order valence-electron chi connectivity index (χ2n) is 5.10. The van der Waals surface area contributed by atoms with Gasteiger partial charge in [0.15, 0.2) is 0 Å². The van der Waals surface area contributed by atoms with E-state index in [-0.39, 0.29) is 5.56 Å². The Morgan fingerprint density at radius 2 is 2.25 bits per heavy atom. The Kier molecular flexibility index (Phi) is 6.04. The predicted molar refractivity (Wildman–Crippen MR) is 83.2 cm³/mol. The fraction of sp³-hybridized carbons (Fsp3) is 0.714. The number of rotatable bonds is 7. The number of hydrogen-bond donors (Lipinski definition) is 1. The van der Waals surface area contributed by atoms with Crippen molar-refractivity contribution in [1.82, 2.24) is 9.78 Å². The monoisotopic (exact) mass is 343 g/mol. The summed E-state index contributed by atoms with van der Waals surface area (Å²) in [6, 6.07) is 0. The molecule has 1 N–H and O–H groups in total. The molecule has 1 aliphatic carbocycles. The maximum absolute atomic E-state index is 12.0. The van der Waals surface area contributed by atoms with Crippen molar-refractivity contribution < 1.29 is 4.74 Å². The number of nitrogens with zero attached hydrogens (tertiary/aromatic N) is 2. The average Bonchev–Trinajstić information content (AvgIpc) is 2.95. The normalized spacial score (nSPS) is 15.7. The van der Waals surface area contributed by atoms with E-state index in [0.29, 0.717) is 30.3 Å². The Morgan fingerprint density at radius 1 is 1.50 bits per heavy atom. The standard InChI is InChI=1S/C14H22BrN3O2/c1-2-8-18-14(19)13(15)12(10-17-18)16-7-9-20-11-5-3-4-6-11/h10-11,16H,2-9H2,1H3.